The molecular weight excluding hydrogens is 190 g/mol. The van der Waals surface area contributed by atoms with Crippen molar-refractivity contribution in [3.63, 3.8) is 0 Å². The van der Waals surface area contributed by atoms with Crippen molar-refractivity contribution in [1.82, 2.24) is 4.98 Å². The van der Waals surface area contributed by atoms with Crippen molar-refractivity contribution in [2.45, 2.75) is 13.8 Å². The molecule has 2 aromatic rings. The zero-order valence-corrected chi connectivity index (χ0v) is 8.65. The van der Waals surface area contributed by atoms with Crippen LogP contribution in [0, 0.1) is 6.92 Å². The van der Waals surface area contributed by atoms with Gasteiger partial charge in [0.05, 0.1) is 0 Å². The van der Waals surface area contributed by atoms with Gasteiger partial charge in [-0.2, -0.15) is 0 Å². The number of carbonyl (C=O) groups is 1. The van der Waals surface area contributed by atoms with E-state index in [0.717, 1.165) is 16.5 Å². The highest BCUT2D eigenvalue weighted by Gasteiger charge is 2.06. The minimum absolute atomic E-state index is 0.326. The number of aryl methyl sites for hydroxylation is 1. The quantitative estimate of drug-likeness (QED) is 0.525. The van der Waals surface area contributed by atoms with Gasteiger partial charge in [0, 0.05) is 18.5 Å². The van der Waals surface area contributed by atoms with Crippen LogP contribution in [-0.4, -0.2) is 11.0 Å². The Hall–Kier alpha value is -1.90. The maximum absolute atomic E-state index is 10.9. The summed E-state index contributed by atoms with van der Waals surface area (Å²) in [4.78, 5) is 15.1. The molecule has 0 spiro atoms. The molecule has 0 amide bonds. The minimum Gasteiger partial charge on any atom is -0.424 e. The number of rotatable bonds is 1. The second kappa shape index (κ2) is 3.69. The van der Waals surface area contributed by atoms with Gasteiger partial charge in [-0.3, -0.25) is 9.78 Å². The van der Waals surface area contributed by atoms with Crippen molar-refractivity contribution >= 4 is 16.9 Å². The molecule has 0 aliphatic carbocycles. The Morgan fingerprint density at radius 2 is 2.20 bits per heavy atom. The van der Waals surface area contributed by atoms with Crippen molar-refractivity contribution in [3.8, 4) is 5.75 Å². The molecule has 76 valence electrons. The smallest absolute Gasteiger partial charge is 0.308 e. The predicted molar refractivity (Wildman–Crippen MR) is 57.8 cm³/mol. The van der Waals surface area contributed by atoms with E-state index in [0.29, 0.717) is 5.75 Å². The fourth-order valence-corrected chi connectivity index (χ4v) is 1.53. The lowest BCUT2D eigenvalue weighted by Gasteiger charge is -2.06. The largest absolute Gasteiger partial charge is 0.424 e. The number of benzene rings is 1. The minimum atomic E-state index is -0.326. The third kappa shape index (κ3) is 1.96. The van der Waals surface area contributed by atoms with Gasteiger partial charge in [-0.05, 0) is 30.7 Å². The van der Waals surface area contributed by atoms with Crippen LogP contribution in [0.5, 0.6) is 5.75 Å². The fraction of sp³-hybridized carbons (Fsp3) is 0.167. The molecule has 0 atom stereocenters. The van der Waals surface area contributed by atoms with E-state index in [1.165, 1.54) is 6.92 Å². The molecule has 0 N–H and O–H groups in total. The molecule has 0 saturated heterocycles. The van der Waals surface area contributed by atoms with Crippen molar-refractivity contribution in [3.05, 3.63) is 36.0 Å². The van der Waals surface area contributed by atoms with E-state index in [1.807, 2.05) is 31.2 Å². The Morgan fingerprint density at radius 1 is 1.40 bits per heavy atom. The molecule has 1 aromatic heterocycles. The lowest BCUT2D eigenvalue weighted by Crippen LogP contribution is -2.02. The molecule has 0 aliphatic rings. The van der Waals surface area contributed by atoms with Gasteiger partial charge in [0.15, 0.2) is 5.75 Å². The highest BCUT2D eigenvalue weighted by atomic mass is 16.5. The summed E-state index contributed by atoms with van der Waals surface area (Å²) in [5, 5.41) is 0.980. The van der Waals surface area contributed by atoms with E-state index in [4.69, 9.17) is 4.74 Å². The summed E-state index contributed by atoms with van der Waals surface area (Å²) in [6.45, 7) is 3.34. The number of pyridine rings is 1. The van der Waals surface area contributed by atoms with E-state index in [-0.39, 0.29) is 5.97 Å². The fourth-order valence-electron chi connectivity index (χ4n) is 1.53. The van der Waals surface area contributed by atoms with E-state index in [1.54, 1.807) is 6.20 Å². The Bertz CT molecular complexity index is 520. The molecule has 3 heteroatoms. The topological polar surface area (TPSA) is 39.2 Å². The summed E-state index contributed by atoms with van der Waals surface area (Å²) in [6, 6.07) is 7.63. The van der Waals surface area contributed by atoms with Crippen LogP contribution in [-0.2, 0) is 4.79 Å². The molecule has 3 nitrogen and oxygen atoms in total. The number of esters is 1. The number of hydrogen-bond acceptors (Lipinski definition) is 3. The zero-order chi connectivity index (χ0) is 10.8. The first kappa shape index (κ1) is 9.65. The number of ether oxygens (including phenoxy) is 1. The normalized spacial score (nSPS) is 10.3. The first-order valence-electron chi connectivity index (χ1n) is 4.70. The summed E-state index contributed by atoms with van der Waals surface area (Å²) in [5.41, 5.74) is 1.77. The molecule has 0 radical (unpaired) electrons. The second-order valence-corrected chi connectivity index (χ2v) is 3.43. The Balaban J connectivity index is 2.65. The van der Waals surface area contributed by atoms with Gasteiger partial charge >= 0.3 is 5.97 Å². The first-order chi connectivity index (χ1) is 7.16. The third-order valence-corrected chi connectivity index (χ3v) is 2.07. The summed E-state index contributed by atoms with van der Waals surface area (Å²) in [5.74, 6) is 0.200. The molecule has 0 saturated carbocycles. The van der Waals surface area contributed by atoms with Crippen molar-refractivity contribution < 1.29 is 9.53 Å². The van der Waals surface area contributed by atoms with Crippen LogP contribution in [0.4, 0.5) is 0 Å². The molecular formula is C12H11NO2. The summed E-state index contributed by atoms with van der Waals surface area (Å²) in [6.07, 6.45) is 1.69. The van der Waals surface area contributed by atoms with Gasteiger partial charge in [-0.15, -0.1) is 0 Å². The monoisotopic (exact) mass is 201 g/mol. The highest BCUT2D eigenvalue weighted by Crippen LogP contribution is 2.25. The maximum atomic E-state index is 10.9. The lowest BCUT2D eigenvalue weighted by atomic mass is 10.1. The van der Waals surface area contributed by atoms with E-state index in [2.05, 4.69) is 4.98 Å². The van der Waals surface area contributed by atoms with Crippen LogP contribution < -0.4 is 4.74 Å². The molecule has 0 aliphatic heterocycles. The van der Waals surface area contributed by atoms with Crippen LogP contribution in [0.3, 0.4) is 0 Å². The van der Waals surface area contributed by atoms with Gasteiger partial charge in [0.25, 0.3) is 0 Å². The number of aromatic nitrogens is 1. The maximum Gasteiger partial charge on any atom is 0.308 e. The zero-order valence-electron chi connectivity index (χ0n) is 8.65. The molecule has 0 unspecified atom stereocenters. The van der Waals surface area contributed by atoms with Gasteiger partial charge in [-0.1, -0.05) is 6.07 Å². The van der Waals surface area contributed by atoms with Crippen LogP contribution >= 0.6 is 0 Å². The second-order valence-electron chi connectivity index (χ2n) is 3.43. The van der Waals surface area contributed by atoms with E-state index in [9.17, 15) is 4.79 Å². The average Bonchev–Trinajstić information content (AvgIpc) is 2.16. The van der Waals surface area contributed by atoms with Crippen LogP contribution in [0.2, 0.25) is 0 Å². The van der Waals surface area contributed by atoms with Gasteiger partial charge in [0.2, 0.25) is 0 Å². The SMILES string of the molecule is CC(=O)Oc1cc(C)cc2cccnc12. The average molecular weight is 201 g/mol. The standard InChI is InChI=1S/C12H11NO2/c1-8-6-10-4-3-5-13-12(10)11(7-8)15-9(2)14/h3-7H,1-2H3. The van der Waals surface area contributed by atoms with Gasteiger partial charge in [-0.25, -0.2) is 0 Å². The molecule has 1 aromatic carbocycles. The number of nitrogens with zero attached hydrogens (tertiary/aromatic N) is 1. The summed E-state index contributed by atoms with van der Waals surface area (Å²) >= 11 is 0. The van der Waals surface area contributed by atoms with E-state index >= 15 is 0 Å². The molecule has 0 bridgehead atoms. The summed E-state index contributed by atoms with van der Waals surface area (Å²) in [7, 11) is 0. The van der Waals surface area contributed by atoms with Crippen LogP contribution in [0.1, 0.15) is 12.5 Å². The van der Waals surface area contributed by atoms with Crippen molar-refractivity contribution in [1.29, 1.82) is 0 Å². The molecule has 1 heterocycles. The van der Waals surface area contributed by atoms with Crippen molar-refractivity contribution in [2.24, 2.45) is 0 Å². The van der Waals surface area contributed by atoms with Crippen molar-refractivity contribution in [2.75, 3.05) is 0 Å². The predicted octanol–water partition coefficient (Wildman–Crippen LogP) is 2.47. The summed E-state index contributed by atoms with van der Waals surface area (Å²) < 4.78 is 5.11. The Morgan fingerprint density at radius 3 is 2.93 bits per heavy atom. The number of carbonyl (C=O) groups excluding carboxylic acids is 1. The van der Waals surface area contributed by atoms with Crippen LogP contribution in [0.15, 0.2) is 30.5 Å². The number of fused-ring (bicyclic) bond motifs is 1. The number of hydrogen-bond donors (Lipinski definition) is 0. The molecule has 0 fully saturated rings. The van der Waals surface area contributed by atoms with Gasteiger partial charge in [0.1, 0.15) is 5.52 Å². The third-order valence-electron chi connectivity index (χ3n) is 2.07. The van der Waals surface area contributed by atoms with Crippen LogP contribution in [0.25, 0.3) is 10.9 Å². The Kier molecular flexibility index (Phi) is 2.37. The molecule has 2 rings (SSSR count). The van der Waals surface area contributed by atoms with Gasteiger partial charge < -0.3 is 4.74 Å². The lowest BCUT2D eigenvalue weighted by molar-refractivity contribution is -0.131. The highest BCUT2D eigenvalue weighted by molar-refractivity contribution is 5.87. The molecule has 15 heavy (non-hydrogen) atoms. The first-order valence-corrected chi connectivity index (χ1v) is 4.70. The Labute approximate surface area is 87.7 Å². The van der Waals surface area contributed by atoms with E-state index < -0.39 is 0 Å².